The Kier molecular flexibility index (Phi) is 19.7. The Hall–Kier alpha value is -3.52. The van der Waals surface area contributed by atoms with Crippen LogP contribution in [0.2, 0.25) is 0 Å². The second kappa shape index (κ2) is 24.7. The van der Waals surface area contributed by atoms with E-state index >= 15 is 0 Å². The summed E-state index contributed by atoms with van der Waals surface area (Å²) in [7, 11) is 0. The Morgan fingerprint density at radius 2 is 0.642 bits per heavy atom. The highest BCUT2D eigenvalue weighted by Gasteiger charge is 2.17. The van der Waals surface area contributed by atoms with E-state index in [-0.39, 0.29) is 0 Å². The number of unbranched alkanes of at least 4 members (excludes halogenated alkanes) is 14. The van der Waals surface area contributed by atoms with E-state index in [9.17, 15) is 0 Å². The largest absolute Gasteiger partial charge is 0.399 e. The highest BCUT2D eigenvalue weighted by molar-refractivity contribution is 5.44. The van der Waals surface area contributed by atoms with E-state index in [4.69, 9.17) is 11.5 Å². The second-order valence-corrected chi connectivity index (χ2v) is 16.1. The first-order valence-electron chi connectivity index (χ1n) is 21.9. The fourth-order valence-corrected chi connectivity index (χ4v) is 8.27. The third-order valence-corrected chi connectivity index (χ3v) is 11.8. The minimum Gasteiger partial charge on any atom is -0.399 e. The summed E-state index contributed by atoms with van der Waals surface area (Å²) in [5, 5.41) is 0. The molecule has 288 valence electrons. The molecule has 0 aliphatic rings. The summed E-state index contributed by atoms with van der Waals surface area (Å²) in [4.78, 5) is 0. The van der Waals surface area contributed by atoms with Crippen LogP contribution in [0.25, 0.3) is 0 Å². The van der Waals surface area contributed by atoms with Crippen molar-refractivity contribution in [2.75, 3.05) is 11.5 Å². The van der Waals surface area contributed by atoms with Crippen LogP contribution in [0.15, 0.2) is 97.1 Å². The SMILES string of the molecule is CCCCCCCCCCC(c1ccc(N)cc1)c1ccc(CC(CC)Cc2ccc(C(CCCCCCCCCC)c3ccc(N)cc3)cc2)cc1. The average molecular weight is 715 g/mol. The molecule has 0 spiro atoms. The molecule has 0 radical (unpaired) electrons. The van der Waals surface area contributed by atoms with E-state index in [0.717, 1.165) is 24.2 Å². The van der Waals surface area contributed by atoms with Crippen molar-refractivity contribution in [1.82, 2.24) is 0 Å². The maximum atomic E-state index is 6.08. The van der Waals surface area contributed by atoms with E-state index in [1.165, 1.54) is 155 Å². The van der Waals surface area contributed by atoms with Gasteiger partial charge in [0.2, 0.25) is 0 Å². The van der Waals surface area contributed by atoms with Crippen LogP contribution in [0.4, 0.5) is 11.4 Å². The van der Waals surface area contributed by atoms with Crippen LogP contribution < -0.4 is 11.5 Å². The van der Waals surface area contributed by atoms with Gasteiger partial charge < -0.3 is 11.5 Å². The summed E-state index contributed by atoms with van der Waals surface area (Å²) in [6.45, 7) is 6.95. The Morgan fingerprint density at radius 1 is 0.358 bits per heavy atom. The summed E-state index contributed by atoms with van der Waals surface area (Å²) in [5.74, 6) is 1.48. The molecule has 2 nitrogen and oxygen atoms in total. The smallest absolute Gasteiger partial charge is 0.0314 e. The normalized spacial score (nSPS) is 13.2. The number of nitrogen functional groups attached to an aromatic ring is 2. The van der Waals surface area contributed by atoms with Crippen molar-refractivity contribution < 1.29 is 0 Å². The lowest BCUT2D eigenvalue weighted by Crippen LogP contribution is -2.08. The highest BCUT2D eigenvalue weighted by atomic mass is 14.5. The quantitative estimate of drug-likeness (QED) is 0.0477. The predicted octanol–water partition coefficient (Wildman–Crippen LogP) is 15.0. The zero-order valence-corrected chi connectivity index (χ0v) is 34.0. The molecule has 4 N–H and O–H groups in total. The van der Waals surface area contributed by atoms with Crippen molar-refractivity contribution in [3.05, 3.63) is 130 Å². The van der Waals surface area contributed by atoms with Crippen molar-refractivity contribution >= 4 is 11.4 Å². The van der Waals surface area contributed by atoms with Crippen molar-refractivity contribution in [3.8, 4) is 0 Å². The Balaban J connectivity index is 1.34. The van der Waals surface area contributed by atoms with Gasteiger partial charge in [0.25, 0.3) is 0 Å². The summed E-state index contributed by atoms with van der Waals surface area (Å²) in [6.07, 6.45) is 27.5. The monoisotopic (exact) mass is 715 g/mol. The van der Waals surface area contributed by atoms with Crippen LogP contribution in [0.1, 0.15) is 188 Å². The van der Waals surface area contributed by atoms with Crippen molar-refractivity contribution in [2.24, 2.45) is 5.92 Å². The third kappa shape index (κ3) is 15.4. The molecule has 2 atom stereocenters. The molecule has 0 saturated carbocycles. The van der Waals surface area contributed by atoms with Gasteiger partial charge in [-0.15, -0.1) is 0 Å². The van der Waals surface area contributed by atoms with E-state index in [0.29, 0.717) is 17.8 Å². The van der Waals surface area contributed by atoms with Crippen LogP contribution in [0, 0.1) is 5.92 Å². The van der Waals surface area contributed by atoms with Gasteiger partial charge in [0, 0.05) is 23.2 Å². The molecule has 0 aliphatic heterocycles. The number of nitrogens with two attached hydrogens (primary N) is 2. The van der Waals surface area contributed by atoms with Crippen LogP contribution in [-0.2, 0) is 12.8 Å². The number of anilines is 2. The van der Waals surface area contributed by atoms with Crippen molar-refractivity contribution in [2.45, 2.75) is 167 Å². The van der Waals surface area contributed by atoms with Crippen LogP contribution in [0.5, 0.6) is 0 Å². The molecule has 0 heterocycles. The van der Waals surface area contributed by atoms with Crippen molar-refractivity contribution in [3.63, 3.8) is 0 Å². The summed E-state index contributed by atoms with van der Waals surface area (Å²) in [5.41, 5.74) is 22.4. The molecular formula is C51H74N2. The van der Waals surface area contributed by atoms with E-state index in [1.807, 2.05) is 0 Å². The topological polar surface area (TPSA) is 52.0 Å². The molecule has 0 amide bonds. The molecule has 2 unspecified atom stereocenters. The minimum absolute atomic E-state index is 0.429. The van der Waals surface area contributed by atoms with Crippen LogP contribution >= 0.6 is 0 Å². The molecule has 0 aliphatic carbocycles. The molecule has 0 bridgehead atoms. The van der Waals surface area contributed by atoms with Gasteiger partial charge in [-0.3, -0.25) is 0 Å². The minimum atomic E-state index is 0.429. The fraction of sp³-hybridized carbons (Fsp3) is 0.529. The molecule has 0 aromatic heterocycles. The molecule has 4 rings (SSSR count). The van der Waals surface area contributed by atoms with Gasteiger partial charge in [-0.2, -0.15) is 0 Å². The Morgan fingerprint density at radius 3 is 0.943 bits per heavy atom. The number of hydrogen-bond donors (Lipinski definition) is 2. The second-order valence-electron chi connectivity index (χ2n) is 16.1. The standard InChI is InChI=1S/C51H74N2/c1-4-7-9-11-13-15-17-19-21-50(46-31-35-48(52)36-32-46)44-27-23-42(24-28-44)39-41(6-3)40-43-25-29-45(30-26-43)51(47-33-37-49(53)38-34-47)22-20-18-16-14-12-10-8-5-2/h23-38,41,50-51H,4-22,39-40,52-53H2,1-3H3. The highest BCUT2D eigenvalue weighted by Crippen LogP contribution is 2.33. The van der Waals surface area contributed by atoms with Crippen LogP contribution in [-0.4, -0.2) is 0 Å². The zero-order valence-electron chi connectivity index (χ0n) is 34.0. The average Bonchev–Trinajstić information content (AvgIpc) is 3.18. The molecule has 0 saturated heterocycles. The van der Waals surface area contributed by atoms with Gasteiger partial charge in [-0.25, -0.2) is 0 Å². The summed E-state index contributed by atoms with van der Waals surface area (Å²) < 4.78 is 0. The van der Waals surface area contributed by atoms with Gasteiger partial charge in [-0.05, 0) is 89.2 Å². The summed E-state index contributed by atoms with van der Waals surface area (Å²) >= 11 is 0. The van der Waals surface area contributed by atoms with Gasteiger partial charge >= 0.3 is 0 Å². The molecule has 0 fully saturated rings. The predicted molar refractivity (Wildman–Crippen MR) is 234 cm³/mol. The number of benzene rings is 4. The number of rotatable bonds is 27. The maximum absolute atomic E-state index is 6.08. The first-order valence-corrected chi connectivity index (χ1v) is 21.9. The molecule has 4 aromatic rings. The van der Waals surface area contributed by atoms with Crippen LogP contribution in [0.3, 0.4) is 0 Å². The van der Waals surface area contributed by atoms with Gasteiger partial charge in [0.05, 0.1) is 0 Å². The lowest BCUT2D eigenvalue weighted by atomic mass is 9.84. The number of hydrogen-bond acceptors (Lipinski definition) is 2. The van der Waals surface area contributed by atoms with E-state index in [2.05, 4.69) is 118 Å². The first kappa shape index (κ1) is 42.2. The lowest BCUT2D eigenvalue weighted by molar-refractivity contribution is 0.504. The first-order chi connectivity index (χ1) is 26.0. The van der Waals surface area contributed by atoms with Crippen molar-refractivity contribution in [1.29, 1.82) is 0 Å². The maximum Gasteiger partial charge on any atom is 0.0314 e. The van der Waals surface area contributed by atoms with Gasteiger partial charge in [-0.1, -0.05) is 203 Å². The third-order valence-electron chi connectivity index (χ3n) is 11.8. The van der Waals surface area contributed by atoms with Gasteiger partial charge in [0.15, 0.2) is 0 Å². The zero-order chi connectivity index (χ0) is 37.5. The Bertz CT molecular complexity index is 1370. The Labute approximate surface area is 325 Å². The fourth-order valence-electron chi connectivity index (χ4n) is 8.27. The van der Waals surface area contributed by atoms with Gasteiger partial charge in [0.1, 0.15) is 0 Å². The molecule has 53 heavy (non-hydrogen) atoms. The summed E-state index contributed by atoms with van der Waals surface area (Å²) in [6, 6.07) is 36.5. The lowest BCUT2D eigenvalue weighted by Gasteiger charge is -2.21. The molecule has 4 aromatic carbocycles. The molecular weight excluding hydrogens is 641 g/mol. The van der Waals surface area contributed by atoms with E-state index < -0.39 is 0 Å². The molecule has 2 heteroatoms. The van der Waals surface area contributed by atoms with E-state index in [1.54, 1.807) is 0 Å².